The Morgan fingerprint density at radius 1 is 1.41 bits per heavy atom. The third-order valence-corrected chi connectivity index (χ3v) is 4.07. The highest BCUT2D eigenvalue weighted by atomic mass is 127. The summed E-state index contributed by atoms with van der Waals surface area (Å²) in [7, 11) is 0. The van der Waals surface area contributed by atoms with Gasteiger partial charge in [0.05, 0.1) is 0 Å². The Bertz CT molecular complexity index is 404. The monoisotopic (exact) mass is 344 g/mol. The van der Waals surface area contributed by atoms with Crippen LogP contribution in [0.1, 0.15) is 23.7 Å². The van der Waals surface area contributed by atoms with Crippen LogP contribution in [0.25, 0.3) is 0 Å². The Balaban J connectivity index is 2.08. The van der Waals surface area contributed by atoms with Crippen LogP contribution in [0, 0.1) is 9.49 Å². The maximum Gasteiger partial charge on any atom is 0.253 e. The van der Waals surface area contributed by atoms with Gasteiger partial charge in [-0.1, -0.05) is 6.92 Å². The van der Waals surface area contributed by atoms with E-state index in [4.69, 9.17) is 5.73 Å². The lowest BCUT2D eigenvalue weighted by atomic mass is 9.94. The van der Waals surface area contributed by atoms with Gasteiger partial charge < -0.3 is 10.6 Å². The van der Waals surface area contributed by atoms with Crippen LogP contribution in [0.5, 0.6) is 0 Å². The van der Waals surface area contributed by atoms with Crippen molar-refractivity contribution in [3.05, 3.63) is 33.4 Å². The molecule has 1 aliphatic rings. The lowest BCUT2D eigenvalue weighted by Gasteiger charge is -2.35. The van der Waals surface area contributed by atoms with E-state index >= 15 is 0 Å². The van der Waals surface area contributed by atoms with E-state index in [-0.39, 0.29) is 11.9 Å². The molecule has 0 aliphatic carbocycles. The first-order valence-electron chi connectivity index (χ1n) is 5.88. The van der Waals surface area contributed by atoms with Crippen molar-refractivity contribution < 1.29 is 4.79 Å². The zero-order valence-corrected chi connectivity index (χ0v) is 12.1. The van der Waals surface area contributed by atoms with Gasteiger partial charge in [-0.05, 0) is 59.2 Å². The van der Waals surface area contributed by atoms with Gasteiger partial charge in [-0.25, -0.2) is 0 Å². The van der Waals surface area contributed by atoms with Gasteiger partial charge in [0, 0.05) is 28.3 Å². The minimum atomic E-state index is 0.125. The first kappa shape index (κ1) is 12.8. The number of halogens is 1. The number of piperidine rings is 1. The number of benzene rings is 1. The van der Waals surface area contributed by atoms with Crippen LogP contribution < -0.4 is 5.73 Å². The summed E-state index contributed by atoms with van der Waals surface area (Å²) < 4.78 is 1.15. The van der Waals surface area contributed by atoms with Crippen LogP contribution in [0.2, 0.25) is 0 Å². The lowest BCUT2D eigenvalue weighted by molar-refractivity contribution is 0.0664. The van der Waals surface area contributed by atoms with Crippen molar-refractivity contribution in [1.82, 2.24) is 4.90 Å². The molecule has 1 saturated heterocycles. The standard InChI is InChI=1S/C13H17IN2O/c1-9-8-16(7-6-12(9)15)13(17)10-2-4-11(14)5-3-10/h2-5,9,12H,6-8,15H2,1H3. The summed E-state index contributed by atoms with van der Waals surface area (Å²) in [5.74, 6) is 0.511. The first-order valence-corrected chi connectivity index (χ1v) is 6.96. The third-order valence-electron chi connectivity index (χ3n) is 3.35. The molecule has 2 atom stereocenters. The van der Waals surface area contributed by atoms with Gasteiger partial charge in [-0.15, -0.1) is 0 Å². The minimum absolute atomic E-state index is 0.125. The van der Waals surface area contributed by atoms with E-state index in [9.17, 15) is 4.79 Å². The molecule has 0 radical (unpaired) electrons. The summed E-state index contributed by atoms with van der Waals surface area (Å²) in [6, 6.07) is 7.95. The Kier molecular flexibility index (Phi) is 4.04. The molecule has 1 heterocycles. The van der Waals surface area contributed by atoms with Crippen molar-refractivity contribution >= 4 is 28.5 Å². The van der Waals surface area contributed by atoms with Crippen molar-refractivity contribution in [2.75, 3.05) is 13.1 Å². The average molecular weight is 344 g/mol. The Morgan fingerprint density at radius 2 is 2.06 bits per heavy atom. The second-order valence-electron chi connectivity index (χ2n) is 4.69. The maximum atomic E-state index is 12.2. The zero-order valence-electron chi connectivity index (χ0n) is 9.90. The van der Waals surface area contributed by atoms with E-state index in [1.165, 1.54) is 0 Å². The predicted octanol–water partition coefficient (Wildman–Crippen LogP) is 2.10. The molecular weight excluding hydrogens is 327 g/mol. The second-order valence-corrected chi connectivity index (χ2v) is 5.93. The van der Waals surface area contributed by atoms with Gasteiger partial charge >= 0.3 is 0 Å². The van der Waals surface area contributed by atoms with Crippen LogP contribution in [0.3, 0.4) is 0 Å². The summed E-state index contributed by atoms with van der Waals surface area (Å²) in [5.41, 5.74) is 6.73. The molecule has 3 nitrogen and oxygen atoms in total. The number of rotatable bonds is 1. The number of nitrogens with zero attached hydrogens (tertiary/aromatic N) is 1. The smallest absolute Gasteiger partial charge is 0.253 e. The molecule has 1 fully saturated rings. The van der Waals surface area contributed by atoms with E-state index in [0.717, 1.165) is 28.6 Å². The summed E-state index contributed by atoms with van der Waals surface area (Å²) in [6.07, 6.45) is 0.900. The predicted molar refractivity (Wildman–Crippen MR) is 76.8 cm³/mol. The summed E-state index contributed by atoms with van der Waals surface area (Å²) in [5, 5.41) is 0. The number of carbonyl (C=O) groups is 1. The number of nitrogens with two attached hydrogens (primary N) is 1. The molecule has 0 saturated carbocycles. The maximum absolute atomic E-state index is 12.2. The molecule has 1 aliphatic heterocycles. The highest BCUT2D eigenvalue weighted by molar-refractivity contribution is 14.1. The highest BCUT2D eigenvalue weighted by Crippen LogP contribution is 2.18. The SMILES string of the molecule is CC1CN(C(=O)c2ccc(I)cc2)CCC1N. The lowest BCUT2D eigenvalue weighted by Crippen LogP contribution is -2.48. The van der Waals surface area contributed by atoms with Gasteiger partial charge in [-0.2, -0.15) is 0 Å². The normalized spacial score (nSPS) is 24.8. The molecule has 92 valence electrons. The Labute approximate surface area is 116 Å². The molecule has 1 amide bonds. The van der Waals surface area contributed by atoms with Gasteiger partial charge in [0.1, 0.15) is 0 Å². The number of amides is 1. The molecule has 0 bridgehead atoms. The largest absolute Gasteiger partial charge is 0.338 e. The van der Waals surface area contributed by atoms with Gasteiger partial charge in [0.2, 0.25) is 0 Å². The van der Waals surface area contributed by atoms with E-state index in [2.05, 4.69) is 29.5 Å². The van der Waals surface area contributed by atoms with E-state index < -0.39 is 0 Å². The number of hydrogen-bond acceptors (Lipinski definition) is 2. The number of carbonyl (C=O) groups excluding carboxylic acids is 1. The molecular formula is C13H17IN2O. The summed E-state index contributed by atoms with van der Waals surface area (Å²) >= 11 is 2.24. The zero-order chi connectivity index (χ0) is 12.4. The molecule has 1 aromatic carbocycles. The van der Waals surface area contributed by atoms with Crippen LogP contribution in [-0.2, 0) is 0 Å². The molecule has 2 unspecified atom stereocenters. The van der Waals surface area contributed by atoms with Crippen LogP contribution in [-0.4, -0.2) is 29.9 Å². The fourth-order valence-corrected chi connectivity index (χ4v) is 2.48. The van der Waals surface area contributed by atoms with Gasteiger partial charge in [0.15, 0.2) is 0 Å². The van der Waals surface area contributed by atoms with Gasteiger partial charge in [0.25, 0.3) is 5.91 Å². The molecule has 2 N–H and O–H groups in total. The van der Waals surface area contributed by atoms with Crippen molar-refractivity contribution in [1.29, 1.82) is 0 Å². The average Bonchev–Trinajstić information content (AvgIpc) is 2.33. The van der Waals surface area contributed by atoms with E-state index in [1.54, 1.807) is 0 Å². The Morgan fingerprint density at radius 3 is 2.65 bits per heavy atom. The second kappa shape index (κ2) is 5.35. The summed E-state index contributed by atoms with van der Waals surface area (Å²) in [4.78, 5) is 14.2. The van der Waals surface area contributed by atoms with Crippen molar-refractivity contribution in [2.45, 2.75) is 19.4 Å². The number of hydrogen-bond donors (Lipinski definition) is 1. The van der Waals surface area contributed by atoms with E-state index in [0.29, 0.717) is 5.92 Å². The molecule has 2 rings (SSSR count). The van der Waals surface area contributed by atoms with Crippen molar-refractivity contribution in [3.8, 4) is 0 Å². The first-order chi connectivity index (χ1) is 8.08. The van der Waals surface area contributed by atoms with E-state index in [1.807, 2.05) is 29.2 Å². The Hall–Kier alpha value is -0.620. The molecule has 4 heteroatoms. The topological polar surface area (TPSA) is 46.3 Å². The van der Waals surface area contributed by atoms with Crippen molar-refractivity contribution in [2.24, 2.45) is 11.7 Å². The highest BCUT2D eigenvalue weighted by Gasteiger charge is 2.26. The minimum Gasteiger partial charge on any atom is -0.338 e. The van der Waals surface area contributed by atoms with Crippen LogP contribution in [0.15, 0.2) is 24.3 Å². The molecule has 0 spiro atoms. The van der Waals surface area contributed by atoms with Crippen molar-refractivity contribution in [3.63, 3.8) is 0 Å². The molecule has 0 aromatic heterocycles. The van der Waals surface area contributed by atoms with Crippen LogP contribution >= 0.6 is 22.6 Å². The number of likely N-dealkylation sites (tertiary alicyclic amines) is 1. The fraction of sp³-hybridized carbons (Fsp3) is 0.462. The molecule has 1 aromatic rings. The van der Waals surface area contributed by atoms with Crippen LogP contribution in [0.4, 0.5) is 0 Å². The third kappa shape index (κ3) is 2.98. The quantitative estimate of drug-likeness (QED) is 0.793. The van der Waals surface area contributed by atoms with Gasteiger partial charge in [-0.3, -0.25) is 4.79 Å². The molecule has 17 heavy (non-hydrogen) atoms. The summed E-state index contributed by atoms with van der Waals surface area (Å²) in [6.45, 7) is 3.65. The fourth-order valence-electron chi connectivity index (χ4n) is 2.12.